The van der Waals surface area contributed by atoms with Crippen LogP contribution in [-0.2, 0) is 0 Å². The molecule has 0 radical (unpaired) electrons. The number of hydrogen-bond acceptors (Lipinski definition) is 4. The Kier molecular flexibility index (Phi) is 4.30. The van der Waals surface area contributed by atoms with Crippen molar-refractivity contribution in [2.24, 2.45) is 5.84 Å². The topological polar surface area (TPSA) is 75.4 Å². The fourth-order valence-electron chi connectivity index (χ4n) is 3.17. The monoisotopic (exact) mass is 311 g/mol. The number of imide groups is 1. The number of anilines is 1. The van der Waals surface area contributed by atoms with Crippen LogP contribution in [0, 0.1) is 0 Å². The molecule has 0 atom stereocenters. The molecule has 0 unspecified atom stereocenters. The molecule has 2 amide bonds. The summed E-state index contributed by atoms with van der Waals surface area (Å²) in [4.78, 5) is 26.8. The molecule has 0 saturated carbocycles. The van der Waals surface area contributed by atoms with Gasteiger partial charge in [0.15, 0.2) is 0 Å². The predicted octanol–water partition coefficient (Wildman–Crippen LogP) is 3.30. The largest absolute Gasteiger partial charge is 0.324 e. The van der Waals surface area contributed by atoms with Gasteiger partial charge in [-0.2, -0.15) is 0 Å². The molecule has 3 N–H and O–H groups in total. The molecule has 0 aliphatic carbocycles. The number of nitrogens with one attached hydrogen (secondary N) is 1. The fourth-order valence-corrected chi connectivity index (χ4v) is 3.17. The highest BCUT2D eigenvalue weighted by Gasteiger charge is 2.32. The number of carbonyl (C=O) groups excluding carboxylic acids is 2. The SMILES string of the molecule is CCCCCCN1C(=O)c2cccc3c(NN)ccc(c23)C1=O. The van der Waals surface area contributed by atoms with Crippen molar-refractivity contribution in [3.63, 3.8) is 0 Å². The molecule has 0 bridgehead atoms. The van der Waals surface area contributed by atoms with Crippen molar-refractivity contribution in [1.29, 1.82) is 0 Å². The summed E-state index contributed by atoms with van der Waals surface area (Å²) in [5.41, 5.74) is 4.48. The number of amides is 2. The quantitative estimate of drug-likeness (QED) is 0.371. The number of benzene rings is 2. The highest BCUT2D eigenvalue weighted by Crippen LogP contribution is 2.34. The number of nitrogen functional groups attached to an aromatic ring is 1. The second-order valence-corrected chi connectivity index (χ2v) is 5.86. The average Bonchev–Trinajstić information content (AvgIpc) is 2.58. The van der Waals surface area contributed by atoms with Crippen molar-refractivity contribution in [2.45, 2.75) is 32.6 Å². The number of hydrazine groups is 1. The van der Waals surface area contributed by atoms with E-state index in [1.54, 1.807) is 18.2 Å². The van der Waals surface area contributed by atoms with Crippen LogP contribution in [0.2, 0.25) is 0 Å². The lowest BCUT2D eigenvalue weighted by Crippen LogP contribution is -2.40. The van der Waals surface area contributed by atoms with Crippen LogP contribution in [0.4, 0.5) is 5.69 Å². The van der Waals surface area contributed by atoms with Crippen molar-refractivity contribution >= 4 is 28.3 Å². The summed E-state index contributed by atoms with van der Waals surface area (Å²) in [6.07, 6.45) is 4.12. The molecule has 3 rings (SSSR count). The first-order chi connectivity index (χ1) is 11.2. The van der Waals surface area contributed by atoms with Crippen molar-refractivity contribution in [1.82, 2.24) is 4.90 Å². The van der Waals surface area contributed by atoms with Gasteiger partial charge in [-0.3, -0.25) is 20.3 Å². The Morgan fingerprint density at radius 1 is 1.00 bits per heavy atom. The van der Waals surface area contributed by atoms with Crippen molar-refractivity contribution in [3.05, 3.63) is 41.5 Å². The number of unbranched alkanes of at least 4 members (excludes halogenated alkanes) is 3. The molecule has 0 saturated heterocycles. The number of nitrogens with two attached hydrogens (primary N) is 1. The molecule has 1 heterocycles. The molecule has 120 valence electrons. The van der Waals surface area contributed by atoms with Gasteiger partial charge < -0.3 is 5.43 Å². The van der Waals surface area contributed by atoms with Gasteiger partial charge in [-0.25, -0.2) is 0 Å². The second-order valence-electron chi connectivity index (χ2n) is 5.86. The molecular formula is C18H21N3O2. The van der Waals surface area contributed by atoms with Gasteiger partial charge in [-0.1, -0.05) is 38.3 Å². The maximum Gasteiger partial charge on any atom is 0.261 e. The summed E-state index contributed by atoms with van der Waals surface area (Å²) >= 11 is 0. The van der Waals surface area contributed by atoms with Gasteiger partial charge in [0.2, 0.25) is 0 Å². The summed E-state index contributed by atoms with van der Waals surface area (Å²) in [6.45, 7) is 2.61. The summed E-state index contributed by atoms with van der Waals surface area (Å²) in [5, 5.41) is 1.50. The first kappa shape index (κ1) is 15.5. The average molecular weight is 311 g/mol. The van der Waals surface area contributed by atoms with Gasteiger partial charge in [0, 0.05) is 28.4 Å². The first-order valence-corrected chi connectivity index (χ1v) is 8.07. The highest BCUT2D eigenvalue weighted by molar-refractivity contribution is 6.26. The molecule has 2 aromatic carbocycles. The van der Waals surface area contributed by atoms with E-state index in [0.29, 0.717) is 28.7 Å². The minimum Gasteiger partial charge on any atom is -0.324 e. The van der Waals surface area contributed by atoms with E-state index in [-0.39, 0.29) is 11.8 Å². The molecule has 1 aliphatic rings. The molecular weight excluding hydrogens is 290 g/mol. The maximum absolute atomic E-state index is 12.7. The summed E-state index contributed by atoms with van der Waals surface area (Å²) < 4.78 is 0. The number of carbonyl (C=O) groups is 2. The van der Waals surface area contributed by atoms with E-state index in [9.17, 15) is 9.59 Å². The Hall–Kier alpha value is -2.40. The van der Waals surface area contributed by atoms with E-state index >= 15 is 0 Å². The lowest BCUT2D eigenvalue weighted by molar-refractivity contribution is 0.0608. The smallest absolute Gasteiger partial charge is 0.261 e. The molecule has 0 fully saturated rings. The third-order valence-corrected chi connectivity index (χ3v) is 4.38. The van der Waals surface area contributed by atoms with E-state index < -0.39 is 0 Å². The Bertz CT molecular complexity index is 748. The molecule has 0 aromatic heterocycles. The molecule has 2 aromatic rings. The van der Waals surface area contributed by atoms with Crippen LogP contribution < -0.4 is 11.3 Å². The normalized spacial score (nSPS) is 13.7. The van der Waals surface area contributed by atoms with Crippen LogP contribution in [0.15, 0.2) is 30.3 Å². The number of rotatable bonds is 6. The Morgan fingerprint density at radius 3 is 2.43 bits per heavy atom. The Balaban J connectivity index is 2.01. The van der Waals surface area contributed by atoms with Gasteiger partial charge in [0.05, 0.1) is 5.69 Å². The van der Waals surface area contributed by atoms with E-state index in [1.165, 1.54) is 4.90 Å². The number of nitrogens with zero attached hydrogens (tertiary/aromatic N) is 1. The van der Waals surface area contributed by atoms with E-state index in [1.807, 2.05) is 12.1 Å². The molecule has 23 heavy (non-hydrogen) atoms. The minimum atomic E-state index is -0.209. The minimum absolute atomic E-state index is 0.209. The van der Waals surface area contributed by atoms with Crippen molar-refractivity contribution in [3.8, 4) is 0 Å². The second kappa shape index (κ2) is 6.38. The zero-order valence-electron chi connectivity index (χ0n) is 13.3. The molecule has 0 spiro atoms. The van der Waals surface area contributed by atoms with Crippen LogP contribution in [0.1, 0.15) is 53.3 Å². The zero-order valence-corrected chi connectivity index (χ0v) is 13.3. The van der Waals surface area contributed by atoms with Crippen LogP contribution in [-0.4, -0.2) is 23.3 Å². The van der Waals surface area contributed by atoms with Crippen molar-refractivity contribution in [2.75, 3.05) is 12.0 Å². The molecule has 5 nitrogen and oxygen atoms in total. The zero-order chi connectivity index (χ0) is 16.4. The van der Waals surface area contributed by atoms with Gasteiger partial charge in [0.1, 0.15) is 0 Å². The third-order valence-electron chi connectivity index (χ3n) is 4.38. The van der Waals surface area contributed by atoms with Crippen LogP contribution in [0.3, 0.4) is 0 Å². The van der Waals surface area contributed by atoms with Gasteiger partial charge in [-0.05, 0) is 24.6 Å². The van der Waals surface area contributed by atoms with Crippen LogP contribution in [0.5, 0.6) is 0 Å². The number of hydrogen-bond donors (Lipinski definition) is 2. The third kappa shape index (κ3) is 2.57. The van der Waals surface area contributed by atoms with E-state index in [2.05, 4.69) is 12.3 Å². The summed E-state index contributed by atoms with van der Waals surface area (Å²) in [6, 6.07) is 9.00. The van der Waals surface area contributed by atoms with E-state index in [0.717, 1.165) is 31.1 Å². The lowest BCUT2D eigenvalue weighted by atomic mass is 9.93. The first-order valence-electron chi connectivity index (χ1n) is 8.07. The summed E-state index contributed by atoms with van der Waals surface area (Å²) in [7, 11) is 0. The van der Waals surface area contributed by atoms with Gasteiger partial charge >= 0.3 is 0 Å². The van der Waals surface area contributed by atoms with Gasteiger partial charge in [0.25, 0.3) is 11.8 Å². The predicted molar refractivity (Wildman–Crippen MR) is 91.3 cm³/mol. The Morgan fingerprint density at radius 2 is 1.74 bits per heavy atom. The van der Waals surface area contributed by atoms with Crippen molar-refractivity contribution < 1.29 is 9.59 Å². The Labute approximate surface area is 135 Å². The standard InChI is InChI=1S/C18H21N3O2/c1-2-3-4-5-11-21-17(22)13-8-6-7-12-15(20-19)10-9-14(16(12)13)18(21)23/h6-10,20H,2-5,11,19H2,1H3. The molecule has 5 heteroatoms. The lowest BCUT2D eigenvalue weighted by Gasteiger charge is -2.27. The fraction of sp³-hybridized carbons (Fsp3) is 0.333. The van der Waals surface area contributed by atoms with Gasteiger partial charge in [-0.15, -0.1) is 0 Å². The molecule has 1 aliphatic heterocycles. The van der Waals surface area contributed by atoms with Crippen LogP contribution >= 0.6 is 0 Å². The van der Waals surface area contributed by atoms with E-state index in [4.69, 9.17) is 5.84 Å². The highest BCUT2D eigenvalue weighted by atomic mass is 16.2. The maximum atomic E-state index is 12.7. The van der Waals surface area contributed by atoms with Crippen LogP contribution in [0.25, 0.3) is 10.8 Å². The summed E-state index contributed by atoms with van der Waals surface area (Å²) in [5.74, 6) is 5.12.